The second-order valence-corrected chi connectivity index (χ2v) is 4.78. The number of fused-ring (bicyclic) bond motifs is 1. The zero-order valence-electron chi connectivity index (χ0n) is 10.3. The van der Waals surface area contributed by atoms with Gasteiger partial charge in [0.1, 0.15) is 5.82 Å². The summed E-state index contributed by atoms with van der Waals surface area (Å²) in [5, 5.41) is 7.91. The Kier molecular flexibility index (Phi) is 3.00. The second kappa shape index (κ2) is 4.68. The minimum atomic E-state index is -0.141. The fraction of sp³-hybridized carbons (Fsp3) is 0.231. The van der Waals surface area contributed by atoms with Crippen LogP contribution in [0.5, 0.6) is 0 Å². The van der Waals surface area contributed by atoms with Crippen molar-refractivity contribution in [1.29, 1.82) is 0 Å². The SMILES string of the molecule is CC(=O)Nc1c2c(nn1-c1cccc(Cl)c1)COC2. The molecule has 0 bridgehead atoms. The summed E-state index contributed by atoms with van der Waals surface area (Å²) in [6.45, 7) is 2.40. The first kappa shape index (κ1) is 12.2. The molecular formula is C13H12ClN3O2. The van der Waals surface area contributed by atoms with Gasteiger partial charge in [-0.3, -0.25) is 4.79 Å². The Morgan fingerprint density at radius 1 is 1.47 bits per heavy atom. The van der Waals surface area contributed by atoms with E-state index in [1.54, 1.807) is 16.8 Å². The van der Waals surface area contributed by atoms with E-state index in [9.17, 15) is 4.79 Å². The number of anilines is 1. The van der Waals surface area contributed by atoms with Gasteiger partial charge in [0, 0.05) is 17.5 Å². The number of carbonyl (C=O) groups excluding carboxylic acids is 1. The molecule has 5 nitrogen and oxygen atoms in total. The van der Waals surface area contributed by atoms with Crippen LogP contribution in [-0.4, -0.2) is 15.7 Å². The number of hydrogen-bond acceptors (Lipinski definition) is 3. The number of carbonyl (C=O) groups is 1. The molecule has 1 aromatic heterocycles. The van der Waals surface area contributed by atoms with Crippen LogP contribution in [0.4, 0.5) is 5.82 Å². The van der Waals surface area contributed by atoms with E-state index in [4.69, 9.17) is 16.3 Å². The second-order valence-electron chi connectivity index (χ2n) is 4.34. The monoisotopic (exact) mass is 277 g/mol. The molecule has 2 heterocycles. The molecule has 2 aromatic rings. The van der Waals surface area contributed by atoms with Gasteiger partial charge in [-0.05, 0) is 18.2 Å². The predicted octanol–water partition coefficient (Wildman–Crippen LogP) is 2.51. The number of halogens is 1. The van der Waals surface area contributed by atoms with Crippen molar-refractivity contribution >= 4 is 23.3 Å². The Bertz CT molecular complexity index is 651. The van der Waals surface area contributed by atoms with Gasteiger partial charge in [-0.2, -0.15) is 5.10 Å². The summed E-state index contributed by atoms with van der Waals surface area (Å²) >= 11 is 5.99. The Morgan fingerprint density at radius 3 is 3.05 bits per heavy atom. The highest BCUT2D eigenvalue weighted by Crippen LogP contribution is 2.30. The van der Waals surface area contributed by atoms with Crippen LogP contribution in [0.25, 0.3) is 5.69 Å². The quantitative estimate of drug-likeness (QED) is 0.918. The molecule has 6 heteroatoms. The number of rotatable bonds is 2. The first-order chi connectivity index (χ1) is 9.15. The van der Waals surface area contributed by atoms with Crippen LogP contribution in [0.2, 0.25) is 5.02 Å². The lowest BCUT2D eigenvalue weighted by Gasteiger charge is -2.09. The molecule has 0 unspecified atom stereocenters. The average molecular weight is 278 g/mol. The molecule has 0 spiro atoms. The summed E-state index contributed by atoms with van der Waals surface area (Å²) in [4.78, 5) is 11.3. The highest BCUT2D eigenvalue weighted by molar-refractivity contribution is 6.30. The molecule has 0 radical (unpaired) electrons. The van der Waals surface area contributed by atoms with E-state index in [1.807, 2.05) is 12.1 Å². The zero-order valence-corrected chi connectivity index (χ0v) is 11.1. The third kappa shape index (κ3) is 2.22. The van der Waals surface area contributed by atoms with E-state index >= 15 is 0 Å². The summed E-state index contributed by atoms with van der Waals surface area (Å²) in [6, 6.07) is 7.33. The number of benzene rings is 1. The van der Waals surface area contributed by atoms with Crippen molar-refractivity contribution in [3.05, 3.63) is 40.5 Å². The minimum absolute atomic E-state index is 0.141. The maximum atomic E-state index is 11.3. The number of nitrogens with one attached hydrogen (secondary N) is 1. The molecule has 0 saturated carbocycles. The fourth-order valence-electron chi connectivity index (χ4n) is 2.10. The summed E-state index contributed by atoms with van der Waals surface area (Å²) in [7, 11) is 0. The molecule has 1 amide bonds. The topological polar surface area (TPSA) is 56.2 Å². The van der Waals surface area contributed by atoms with Crippen molar-refractivity contribution in [3.63, 3.8) is 0 Å². The maximum Gasteiger partial charge on any atom is 0.222 e. The van der Waals surface area contributed by atoms with Crippen LogP contribution in [0.15, 0.2) is 24.3 Å². The van der Waals surface area contributed by atoms with Gasteiger partial charge in [0.25, 0.3) is 0 Å². The first-order valence-corrected chi connectivity index (χ1v) is 6.25. The van der Waals surface area contributed by atoms with Crippen LogP contribution >= 0.6 is 11.6 Å². The third-order valence-electron chi connectivity index (χ3n) is 2.90. The molecule has 3 rings (SSSR count). The van der Waals surface area contributed by atoms with E-state index < -0.39 is 0 Å². The lowest BCUT2D eigenvalue weighted by atomic mass is 10.2. The molecule has 0 saturated heterocycles. The molecule has 98 valence electrons. The lowest BCUT2D eigenvalue weighted by Crippen LogP contribution is -2.12. The van der Waals surface area contributed by atoms with Crippen LogP contribution in [0.3, 0.4) is 0 Å². The highest BCUT2D eigenvalue weighted by atomic mass is 35.5. The number of aromatic nitrogens is 2. The van der Waals surface area contributed by atoms with Crippen molar-refractivity contribution in [3.8, 4) is 5.69 Å². The molecular weight excluding hydrogens is 266 g/mol. The van der Waals surface area contributed by atoms with Crippen LogP contribution in [-0.2, 0) is 22.7 Å². The van der Waals surface area contributed by atoms with Crippen molar-refractivity contribution in [2.45, 2.75) is 20.1 Å². The summed E-state index contributed by atoms with van der Waals surface area (Å²) in [5.74, 6) is 0.514. The molecule has 1 aliphatic heterocycles. The summed E-state index contributed by atoms with van der Waals surface area (Å²) in [5.41, 5.74) is 2.59. The van der Waals surface area contributed by atoms with E-state index in [1.165, 1.54) is 6.92 Å². The Balaban J connectivity index is 2.13. The van der Waals surface area contributed by atoms with Gasteiger partial charge in [-0.1, -0.05) is 17.7 Å². The molecule has 1 N–H and O–H groups in total. The van der Waals surface area contributed by atoms with Gasteiger partial charge in [0.2, 0.25) is 5.91 Å². The van der Waals surface area contributed by atoms with Gasteiger partial charge < -0.3 is 10.1 Å². The van der Waals surface area contributed by atoms with Crippen molar-refractivity contribution in [2.24, 2.45) is 0 Å². The average Bonchev–Trinajstić information content (AvgIpc) is 2.91. The van der Waals surface area contributed by atoms with Gasteiger partial charge in [0.05, 0.1) is 24.6 Å². The first-order valence-electron chi connectivity index (χ1n) is 5.87. The van der Waals surface area contributed by atoms with Gasteiger partial charge in [-0.15, -0.1) is 0 Å². The number of hydrogen-bond donors (Lipinski definition) is 1. The standard InChI is InChI=1S/C13H12ClN3O2/c1-8(18)15-13-11-6-19-7-12(11)16-17(13)10-4-2-3-9(14)5-10/h2-5H,6-7H2,1H3,(H,15,18). The van der Waals surface area contributed by atoms with Gasteiger partial charge in [0.15, 0.2) is 0 Å². The Hall–Kier alpha value is -1.85. The van der Waals surface area contributed by atoms with Gasteiger partial charge in [-0.25, -0.2) is 4.68 Å². The Morgan fingerprint density at radius 2 is 2.32 bits per heavy atom. The van der Waals surface area contributed by atoms with Crippen LogP contribution < -0.4 is 5.32 Å². The normalized spacial score (nSPS) is 13.4. The van der Waals surface area contributed by atoms with Crippen molar-refractivity contribution < 1.29 is 9.53 Å². The maximum absolute atomic E-state index is 11.3. The summed E-state index contributed by atoms with van der Waals surface area (Å²) in [6.07, 6.45) is 0. The van der Waals surface area contributed by atoms with E-state index in [0.29, 0.717) is 24.1 Å². The lowest BCUT2D eigenvalue weighted by molar-refractivity contribution is -0.114. The molecule has 0 atom stereocenters. The molecule has 0 fully saturated rings. The molecule has 0 aliphatic carbocycles. The van der Waals surface area contributed by atoms with Crippen LogP contribution in [0, 0.1) is 0 Å². The predicted molar refractivity (Wildman–Crippen MR) is 71.4 cm³/mol. The molecule has 1 aromatic carbocycles. The smallest absolute Gasteiger partial charge is 0.222 e. The number of ether oxygens (including phenoxy) is 1. The van der Waals surface area contributed by atoms with E-state index in [0.717, 1.165) is 16.9 Å². The molecule has 1 aliphatic rings. The van der Waals surface area contributed by atoms with E-state index in [2.05, 4.69) is 10.4 Å². The Labute approximate surface area is 115 Å². The van der Waals surface area contributed by atoms with Crippen molar-refractivity contribution in [1.82, 2.24) is 9.78 Å². The minimum Gasteiger partial charge on any atom is -0.370 e. The number of nitrogens with zero attached hydrogens (tertiary/aromatic N) is 2. The third-order valence-corrected chi connectivity index (χ3v) is 3.13. The van der Waals surface area contributed by atoms with Crippen molar-refractivity contribution in [2.75, 3.05) is 5.32 Å². The number of amides is 1. The fourth-order valence-corrected chi connectivity index (χ4v) is 2.29. The highest BCUT2D eigenvalue weighted by Gasteiger charge is 2.24. The molecule has 19 heavy (non-hydrogen) atoms. The zero-order chi connectivity index (χ0) is 13.4. The summed E-state index contributed by atoms with van der Waals surface area (Å²) < 4.78 is 7.03. The largest absolute Gasteiger partial charge is 0.370 e. The van der Waals surface area contributed by atoms with Crippen LogP contribution in [0.1, 0.15) is 18.2 Å². The van der Waals surface area contributed by atoms with Gasteiger partial charge >= 0.3 is 0 Å². The van der Waals surface area contributed by atoms with E-state index in [-0.39, 0.29) is 5.91 Å².